The van der Waals surface area contributed by atoms with E-state index in [9.17, 15) is 4.79 Å². The molecule has 144 valence electrons. The Hall–Kier alpha value is -3.02. The highest BCUT2D eigenvalue weighted by Crippen LogP contribution is 2.27. The number of methoxy groups -OCH3 is 1. The summed E-state index contributed by atoms with van der Waals surface area (Å²) in [5.74, 6) is 1.67. The van der Waals surface area contributed by atoms with Crippen LogP contribution in [0.1, 0.15) is 30.0 Å². The van der Waals surface area contributed by atoms with E-state index in [2.05, 4.69) is 10.5 Å². The van der Waals surface area contributed by atoms with Crippen LogP contribution in [0.4, 0.5) is 0 Å². The van der Waals surface area contributed by atoms with Crippen molar-refractivity contribution < 1.29 is 19.0 Å². The van der Waals surface area contributed by atoms with Crippen molar-refractivity contribution in [3.05, 3.63) is 53.1 Å². The van der Waals surface area contributed by atoms with Crippen molar-refractivity contribution in [3.63, 3.8) is 0 Å². The molecule has 0 unspecified atom stereocenters. The molecule has 1 N–H and O–H groups in total. The van der Waals surface area contributed by atoms with Crippen LogP contribution < -0.4 is 19.6 Å². The highest BCUT2D eigenvalue weighted by Gasteiger charge is 2.06. The van der Waals surface area contributed by atoms with Crippen LogP contribution in [0.3, 0.4) is 0 Å². The zero-order valence-corrected chi connectivity index (χ0v) is 16.2. The molecule has 2 aromatic carbocycles. The number of hydrogen-bond acceptors (Lipinski definition) is 5. The van der Waals surface area contributed by atoms with Gasteiger partial charge < -0.3 is 14.2 Å². The fourth-order valence-electron chi connectivity index (χ4n) is 2.31. The SMILES string of the molecule is CCCOc1ccc(/C=N/NC(=O)COc2cc(C)ccc2C)cc1OC. The Morgan fingerprint density at radius 1 is 1.07 bits per heavy atom. The smallest absolute Gasteiger partial charge is 0.277 e. The standard InChI is InChI=1S/C21H26N2O4/c1-5-10-26-18-9-8-17(12-20(18)25-4)13-22-23-21(24)14-27-19-11-15(2)6-7-16(19)3/h6-9,11-13H,5,10,14H2,1-4H3,(H,23,24)/b22-13+. The molecule has 2 aromatic rings. The quantitative estimate of drug-likeness (QED) is 0.541. The Bertz CT molecular complexity index is 803. The summed E-state index contributed by atoms with van der Waals surface area (Å²) in [6, 6.07) is 11.3. The molecule has 0 aliphatic heterocycles. The summed E-state index contributed by atoms with van der Waals surface area (Å²) in [6.07, 6.45) is 2.46. The van der Waals surface area contributed by atoms with E-state index in [0.717, 1.165) is 23.1 Å². The van der Waals surface area contributed by atoms with E-state index < -0.39 is 0 Å². The molecule has 6 nitrogen and oxygen atoms in total. The Morgan fingerprint density at radius 3 is 2.63 bits per heavy atom. The van der Waals surface area contributed by atoms with E-state index >= 15 is 0 Å². The topological polar surface area (TPSA) is 69.2 Å². The molecule has 0 heterocycles. The largest absolute Gasteiger partial charge is 0.493 e. The number of aryl methyl sites for hydroxylation is 2. The number of rotatable bonds is 9. The van der Waals surface area contributed by atoms with Crippen LogP contribution in [0.5, 0.6) is 17.2 Å². The molecular formula is C21H26N2O4. The lowest BCUT2D eigenvalue weighted by molar-refractivity contribution is -0.123. The molecule has 0 bridgehead atoms. The number of hydrazone groups is 1. The minimum Gasteiger partial charge on any atom is -0.493 e. The first-order valence-electron chi connectivity index (χ1n) is 8.86. The number of nitrogens with zero attached hydrogens (tertiary/aromatic N) is 1. The van der Waals surface area contributed by atoms with Crippen molar-refractivity contribution in [2.45, 2.75) is 27.2 Å². The fourth-order valence-corrected chi connectivity index (χ4v) is 2.31. The Labute approximate surface area is 160 Å². The molecule has 0 atom stereocenters. The second kappa shape index (κ2) is 10.2. The molecule has 27 heavy (non-hydrogen) atoms. The number of amides is 1. The summed E-state index contributed by atoms with van der Waals surface area (Å²) in [5, 5.41) is 3.96. The molecule has 0 aliphatic rings. The maximum Gasteiger partial charge on any atom is 0.277 e. The van der Waals surface area contributed by atoms with Crippen LogP contribution in [0, 0.1) is 13.8 Å². The van der Waals surface area contributed by atoms with Crippen molar-refractivity contribution in [2.75, 3.05) is 20.3 Å². The van der Waals surface area contributed by atoms with Crippen LogP contribution in [-0.4, -0.2) is 32.4 Å². The molecule has 0 aliphatic carbocycles. The summed E-state index contributed by atoms with van der Waals surface area (Å²) in [7, 11) is 1.58. The number of hydrogen-bond donors (Lipinski definition) is 1. The van der Waals surface area contributed by atoms with Crippen LogP contribution in [0.2, 0.25) is 0 Å². The van der Waals surface area contributed by atoms with Crippen molar-refractivity contribution in [1.29, 1.82) is 0 Å². The lowest BCUT2D eigenvalue weighted by atomic mass is 10.1. The first-order chi connectivity index (χ1) is 13.0. The van der Waals surface area contributed by atoms with E-state index in [1.165, 1.54) is 0 Å². The van der Waals surface area contributed by atoms with Gasteiger partial charge >= 0.3 is 0 Å². The first-order valence-corrected chi connectivity index (χ1v) is 8.86. The number of carbonyl (C=O) groups is 1. The number of ether oxygens (including phenoxy) is 3. The average molecular weight is 370 g/mol. The predicted octanol–water partition coefficient (Wildman–Crippen LogP) is 3.63. The summed E-state index contributed by atoms with van der Waals surface area (Å²) in [5.41, 5.74) is 5.30. The maximum atomic E-state index is 11.9. The molecule has 0 saturated heterocycles. The monoisotopic (exact) mass is 370 g/mol. The van der Waals surface area contributed by atoms with Gasteiger partial charge in [-0.1, -0.05) is 19.1 Å². The molecule has 2 rings (SSSR count). The lowest BCUT2D eigenvalue weighted by Crippen LogP contribution is -2.24. The summed E-state index contributed by atoms with van der Waals surface area (Å²) < 4.78 is 16.5. The van der Waals surface area contributed by atoms with Gasteiger partial charge in [-0.2, -0.15) is 5.10 Å². The van der Waals surface area contributed by atoms with Crippen molar-refractivity contribution in [1.82, 2.24) is 5.43 Å². The molecule has 0 spiro atoms. The zero-order chi connectivity index (χ0) is 19.6. The van der Waals surface area contributed by atoms with Gasteiger partial charge in [-0.15, -0.1) is 0 Å². The van der Waals surface area contributed by atoms with Gasteiger partial charge in [0.1, 0.15) is 5.75 Å². The molecule has 0 radical (unpaired) electrons. The number of benzene rings is 2. The van der Waals surface area contributed by atoms with E-state index in [0.29, 0.717) is 23.9 Å². The van der Waals surface area contributed by atoms with Crippen molar-refractivity contribution in [2.24, 2.45) is 5.10 Å². The van der Waals surface area contributed by atoms with Gasteiger partial charge in [0.25, 0.3) is 5.91 Å². The third-order valence-electron chi connectivity index (χ3n) is 3.75. The Kier molecular flexibility index (Phi) is 7.67. The summed E-state index contributed by atoms with van der Waals surface area (Å²) in [6.45, 7) is 6.48. The van der Waals surface area contributed by atoms with Crippen molar-refractivity contribution in [3.8, 4) is 17.2 Å². The third kappa shape index (κ3) is 6.33. The molecule has 0 aromatic heterocycles. The molecule has 0 saturated carbocycles. The minimum atomic E-state index is -0.331. The van der Waals surface area contributed by atoms with Gasteiger partial charge in [0.2, 0.25) is 0 Å². The zero-order valence-electron chi connectivity index (χ0n) is 16.2. The van der Waals surface area contributed by atoms with E-state index in [4.69, 9.17) is 14.2 Å². The third-order valence-corrected chi connectivity index (χ3v) is 3.75. The van der Waals surface area contributed by atoms with Crippen LogP contribution >= 0.6 is 0 Å². The number of carbonyl (C=O) groups excluding carboxylic acids is 1. The van der Waals surface area contributed by atoms with E-state index in [1.54, 1.807) is 19.4 Å². The number of nitrogens with one attached hydrogen (secondary N) is 1. The predicted molar refractivity (Wildman–Crippen MR) is 106 cm³/mol. The second-order valence-electron chi connectivity index (χ2n) is 6.11. The lowest BCUT2D eigenvalue weighted by Gasteiger charge is -2.10. The molecule has 1 amide bonds. The summed E-state index contributed by atoms with van der Waals surface area (Å²) in [4.78, 5) is 11.9. The van der Waals surface area contributed by atoms with Gasteiger partial charge in [0.05, 0.1) is 19.9 Å². The highest BCUT2D eigenvalue weighted by atomic mass is 16.5. The molecule has 6 heteroatoms. The van der Waals surface area contributed by atoms with Crippen LogP contribution in [-0.2, 0) is 4.79 Å². The highest BCUT2D eigenvalue weighted by molar-refractivity contribution is 5.83. The maximum absolute atomic E-state index is 11.9. The Morgan fingerprint density at radius 2 is 1.89 bits per heavy atom. The van der Waals surface area contributed by atoms with Gasteiger partial charge in [-0.05, 0) is 61.2 Å². The minimum absolute atomic E-state index is 0.102. The average Bonchev–Trinajstić information content (AvgIpc) is 2.67. The van der Waals surface area contributed by atoms with Gasteiger partial charge in [-0.25, -0.2) is 5.43 Å². The van der Waals surface area contributed by atoms with Crippen molar-refractivity contribution >= 4 is 12.1 Å². The van der Waals surface area contributed by atoms with Gasteiger partial charge in [0, 0.05) is 0 Å². The van der Waals surface area contributed by atoms with Gasteiger partial charge in [0.15, 0.2) is 18.1 Å². The first kappa shape index (κ1) is 20.3. The van der Waals surface area contributed by atoms with E-state index in [-0.39, 0.29) is 12.5 Å². The summed E-state index contributed by atoms with van der Waals surface area (Å²) >= 11 is 0. The normalized spacial score (nSPS) is 10.7. The Balaban J connectivity index is 1.88. The van der Waals surface area contributed by atoms with Crippen LogP contribution in [0.15, 0.2) is 41.5 Å². The second-order valence-corrected chi connectivity index (χ2v) is 6.11. The molecular weight excluding hydrogens is 344 g/mol. The fraction of sp³-hybridized carbons (Fsp3) is 0.333. The van der Waals surface area contributed by atoms with Crippen LogP contribution in [0.25, 0.3) is 0 Å². The molecule has 0 fully saturated rings. The van der Waals surface area contributed by atoms with Gasteiger partial charge in [-0.3, -0.25) is 4.79 Å². The van der Waals surface area contributed by atoms with E-state index in [1.807, 2.05) is 51.1 Å².